The van der Waals surface area contributed by atoms with Crippen molar-refractivity contribution in [2.75, 3.05) is 13.1 Å². The number of carbonyl (C=O) groups is 1. The zero-order valence-electron chi connectivity index (χ0n) is 19.6. The Kier molecular flexibility index (Phi) is 5.55. The van der Waals surface area contributed by atoms with Gasteiger partial charge in [0.15, 0.2) is 0 Å². The first kappa shape index (κ1) is 22.5. The van der Waals surface area contributed by atoms with E-state index in [-0.39, 0.29) is 17.9 Å². The highest BCUT2D eigenvalue weighted by Gasteiger charge is 2.62. The van der Waals surface area contributed by atoms with Crippen LogP contribution in [0.3, 0.4) is 0 Å². The molecule has 5 heteroatoms. The molecule has 1 aliphatic heterocycles. The van der Waals surface area contributed by atoms with Gasteiger partial charge in [-0.15, -0.1) is 0 Å². The van der Waals surface area contributed by atoms with Gasteiger partial charge in [0.05, 0.1) is 10.4 Å². The third-order valence-corrected chi connectivity index (χ3v) is 9.32. The van der Waals surface area contributed by atoms with Gasteiger partial charge in [-0.2, -0.15) is 5.26 Å². The van der Waals surface area contributed by atoms with Gasteiger partial charge < -0.3 is 5.32 Å². The Bertz CT molecular complexity index is 1260. The lowest BCUT2D eigenvalue weighted by Gasteiger charge is -2.53. The van der Waals surface area contributed by atoms with E-state index < -0.39 is 9.74 Å². The summed E-state index contributed by atoms with van der Waals surface area (Å²) < 4.78 is -0.541. The average molecular weight is 526 g/mol. The molecule has 176 valence electrons. The quantitative estimate of drug-likeness (QED) is 0.459. The number of nitrogens with one attached hydrogen (secondary N) is 1. The van der Waals surface area contributed by atoms with Crippen molar-refractivity contribution in [3.63, 3.8) is 0 Å². The Labute approximate surface area is 215 Å². The summed E-state index contributed by atoms with van der Waals surface area (Å²) in [5.41, 5.74) is 4.70. The first-order chi connectivity index (χ1) is 17.0. The van der Waals surface area contributed by atoms with E-state index in [0.29, 0.717) is 6.42 Å². The summed E-state index contributed by atoms with van der Waals surface area (Å²) in [5.74, 6) is -0.392. The van der Waals surface area contributed by atoms with Crippen LogP contribution in [-0.4, -0.2) is 29.9 Å². The number of nitrogens with zero attached hydrogens (tertiary/aromatic N) is 2. The Morgan fingerprint density at radius 1 is 0.943 bits per heavy atom. The van der Waals surface area contributed by atoms with Crippen molar-refractivity contribution in [1.82, 2.24) is 10.2 Å². The summed E-state index contributed by atoms with van der Waals surface area (Å²) in [5, 5.41) is 13.9. The van der Waals surface area contributed by atoms with Crippen LogP contribution in [0, 0.1) is 16.7 Å². The fourth-order valence-electron chi connectivity index (χ4n) is 6.50. The summed E-state index contributed by atoms with van der Waals surface area (Å²) in [6.07, 6.45) is 2.24. The van der Waals surface area contributed by atoms with Gasteiger partial charge >= 0.3 is 0 Å². The van der Waals surface area contributed by atoms with E-state index in [2.05, 4.69) is 80.7 Å². The second-order valence-electron chi connectivity index (χ2n) is 10.2. The molecule has 0 saturated carbocycles. The van der Waals surface area contributed by atoms with E-state index in [4.69, 9.17) is 0 Å². The molecule has 3 aromatic carbocycles. The van der Waals surface area contributed by atoms with Crippen LogP contribution in [0.4, 0.5) is 0 Å². The van der Waals surface area contributed by atoms with Crippen LogP contribution in [-0.2, 0) is 15.7 Å². The van der Waals surface area contributed by atoms with E-state index in [9.17, 15) is 10.1 Å². The highest BCUT2D eigenvalue weighted by molar-refractivity contribution is 9.09. The number of alkyl halides is 1. The number of rotatable bonds is 4. The van der Waals surface area contributed by atoms with Gasteiger partial charge in [-0.05, 0) is 47.1 Å². The minimum absolute atomic E-state index is 0.0944. The van der Waals surface area contributed by atoms with E-state index in [1.54, 1.807) is 0 Å². The minimum Gasteiger partial charge on any atom is -0.352 e. The van der Waals surface area contributed by atoms with Gasteiger partial charge in [0.25, 0.3) is 0 Å². The Morgan fingerprint density at radius 2 is 1.51 bits per heavy atom. The number of likely N-dealkylation sites (tertiary alicyclic amines) is 1. The Morgan fingerprint density at radius 3 is 2.11 bits per heavy atom. The zero-order valence-corrected chi connectivity index (χ0v) is 21.2. The molecule has 35 heavy (non-hydrogen) atoms. The van der Waals surface area contributed by atoms with Crippen molar-refractivity contribution in [1.29, 1.82) is 5.26 Å². The number of amides is 1. The van der Waals surface area contributed by atoms with Crippen molar-refractivity contribution in [2.45, 2.75) is 42.1 Å². The lowest BCUT2D eigenvalue weighted by molar-refractivity contribution is -0.131. The lowest BCUT2D eigenvalue weighted by atomic mass is 9.52. The molecule has 1 saturated heterocycles. The van der Waals surface area contributed by atoms with Crippen LogP contribution in [0.25, 0.3) is 0 Å². The van der Waals surface area contributed by atoms with Crippen molar-refractivity contribution in [3.05, 3.63) is 107 Å². The standard InChI is InChI=1S/C30H28BrN3O/c31-30-19-29(20-32,27(23-10-4-6-12-25(23)30)24-11-5-7-13-26(24)30)28(35)33-22-14-16-34(17-15-22)18-21-8-2-1-3-9-21/h1-13,22,27H,14-19H2,(H,33,35). The number of nitriles is 1. The van der Waals surface area contributed by atoms with Gasteiger partial charge in [0.1, 0.15) is 5.41 Å². The molecule has 1 heterocycles. The van der Waals surface area contributed by atoms with Crippen LogP contribution in [0.15, 0.2) is 78.9 Å². The van der Waals surface area contributed by atoms with E-state index in [1.807, 2.05) is 30.3 Å². The number of benzene rings is 3. The van der Waals surface area contributed by atoms with Crippen LogP contribution in [0.1, 0.15) is 53.0 Å². The number of fused-ring (bicyclic) bond motifs is 1. The molecule has 0 spiro atoms. The second-order valence-corrected chi connectivity index (χ2v) is 11.5. The molecule has 0 aromatic heterocycles. The van der Waals surface area contributed by atoms with Gasteiger partial charge in [0.2, 0.25) is 5.91 Å². The fourth-order valence-corrected chi connectivity index (χ4v) is 7.66. The molecule has 1 amide bonds. The van der Waals surface area contributed by atoms with Crippen LogP contribution >= 0.6 is 15.9 Å². The zero-order chi connectivity index (χ0) is 24.0. The van der Waals surface area contributed by atoms with Crippen LogP contribution < -0.4 is 5.32 Å². The molecule has 1 fully saturated rings. The maximum atomic E-state index is 14.0. The maximum absolute atomic E-state index is 14.0. The number of piperidine rings is 1. The van der Waals surface area contributed by atoms with Gasteiger partial charge in [-0.3, -0.25) is 9.69 Å². The molecule has 1 N–H and O–H groups in total. The summed E-state index contributed by atoms with van der Waals surface area (Å²) >= 11 is 4.04. The molecule has 2 bridgehead atoms. The largest absolute Gasteiger partial charge is 0.352 e. The van der Waals surface area contributed by atoms with E-state index in [0.717, 1.165) is 43.6 Å². The van der Waals surface area contributed by atoms with Gasteiger partial charge in [-0.25, -0.2) is 0 Å². The highest BCUT2D eigenvalue weighted by Crippen LogP contribution is 2.65. The SMILES string of the molecule is N#CC1(C(=O)NC2CCN(Cc3ccccc3)CC2)CC2(Br)c3ccccc3C1c1ccccc12. The molecule has 0 radical (unpaired) electrons. The van der Waals surface area contributed by atoms with Gasteiger partial charge in [-0.1, -0.05) is 94.8 Å². The Hall–Kier alpha value is -2.94. The first-order valence-corrected chi connectivity index (χ1v) is 13.2. The molecule has 4 aliphatic rings. The predicted octanol–water partition coefficient (Wildman–Crippen LogP) is 5.46. The number of hydrogen-bond acceptors (Lipinski definition) is 3. The lowest BCUT2D eigenvalue weighted by Crippen LogP contribution is -2.57. The number of carbonyl (C=O) groups excluding carboxylic acids is 1. The van der Waals surface area contributed by atoms with Crippen molar-refractivity contribution in [3.8, 4) is 6.07 Å². The first-order valence-electron chi connectivity index (χ1n) is 12.4. The van der Waals surface area contributed by atoms with Crippen molar-refractivity contribution >= 4 is 21.8 Å². The van der Waals surface area contributed by atoms with E-state index >= 15 is 0 Å². The highest BCUT2D eigenvalue weighted by atomic mass is 79.9. The summed E-state index contributed by atoms with van der Waals surface area (Å²) in [6, 6.07) is 29.7. The average Bonchev–Trinajstić information content (AvgIpc) is 2.90. The second kappa shape index (κ2) is 8.62. The van der Waals surface area contributed by atoms with E-state index in [1.165, 1.54) is 16.7 Å². The molecule has 1 unspecified atom stereocenters. The monoisotopic (exact) mass is 525 g/mol. The number of hydrogen-bond donors (Lipinski definition) is 1. The smallest absolute Gasteiger partial charge is 0.241 e. The summed E-state index contributed by atoms with van der Waals surface area (Å²) in [6.45, 7) is 2.82. The summed E-state index contributed by atoms with van der Waals surface area (Å²) in [7, 11) is 0. The Balaban J connectivity index is 1.25. The predicted molar refractivity (Wildman–Crippen MR) is 140 cm³/mol. The van der Waals surface area contributed by atoms with Crippen molar-refractivity contribution in [2.24, 2.45) is 5.41 Å². The molecule has 3 aromatic rings. The van der Waals surface area contributed by atoms with Crippen LogP contribution in [0.2, 0.25) is 0 Å². The van der Waals surface area contributed by atoms with Gasteiger partial charge in [0, 0.05) is 31.6 Å². The van der Waals surface area contributed by atoms with Crippen LogP contribution in [0.5, 0.6) is 0 Å². The molecule has 7 rings (SSSR count). The molecule has 4 nitrogen and oxygen atoms in total. The normalized spacial score (nSPS) is 27.5. The molecular formula is C30H28BrN3O. The summed E-state index contributed by atoms with van der Waals surface area (Å²) in [4.78, 5) is 16.4. The topological polar surface area (TPSA) is 56.1 Å². The fraction of sp³-hybridized carbons (Fsp3) is 0.333. The molecule has 3 aliphatic carbocycles. The third kappa shape index (κ3) is 3.54. The van der Waals surface area contributed by atoms with Crippen molar-refractivity contribution < 1.29 is 4.79 Å². The number of halogens is 1. The minimum atomic E-state index is -1.15. The molecular weight excluding hydrogens is 498 g/mol. The third-order valence-electron chi connectivity index (χ3n) is 8.19. The molecule has 1 atom stereocenters. The maximum Gasteiger partial charge on any atom is 0.241 e.